The number of rotatable bonds is 3. The predicted octanol–water partition coefficient (Wildman–Crippen LogP) is 4.31. The van der Waals surface area contributed by atoms with Gasteiger partial charge in [0.15, 0.2) is 5.82 Å². The summed E-state index contributed by atoms with van der Waals surface area (Å²) in [7, 11) is 3.69. The molecule has 0 bridgehead atoms. The summed E-state index contributed by atoms with van der Waals surface area (Å²) in [5.74, 6) is 1.68. The second-order valence-electron chi connectivity index (χ2n) is 5.62. The van der Waals surface area contributed by atoms with Gasteiger partial charge in [-0.05, 0) is 36.4 Å². The average molecular weight is 315 g/mol. The van der Waals surface area contributed by atoms with Crippen molar-refractivity contribution in [1.82, 2.24) is 14.5 Å². The Labute approximate surface area is 140 Å². The molecular formula is C20H17N3O. The molecule has 118 valence electrons. The number of pyridine rings is 1. The monoisotopic (exact) mass is 315 g/mol. The van der Waals surface area contributed by atoms with Gasteiger partial charge in [0, 0.05) is 12.6 Å². The van der Waals surface area contributed by atoms with Gasteiger partial charge in [0.1, 0.15) is 11.4 Å². The first-order chi connectivity index (χ1) is 11.8. The van der Waals surface area contributed by atoms with Gasteiger partial charge in [0.2, 0.25) is 0 Å². The number of methoxy groups -OCH3 is 1. The Balaban J connectivity index is 1.83. The van der Waals surface area contributed by atoms with E-state index in [2.05, 4.69) is 10.6 Å². The lowest BCUT2D eigenvalue weighted by Gasteiger charge is -2.07. The van der Waals surface area contributed by atoms with Gasteiger partial charge >= 0.3 is 0 Å². The SMILES string of the molecule is COc1cccc(-c2cccc(-c3nc4ccccc4n3C)n2)c1. The maximum atomic E-state index is 5.31. The highest BCUT2D eigenvalue weighted by molar-refractivity contribution is 5.80. The van der Waals surface area contributed by atoms with Crippen LogP contribution in [0.5, 0.6) is 5.75 Å². The van der Waals surface area contributed by atoms with E-state index in [0.29, 0.717) is 0 Å². The third-order valence-electron chi connectivity index (χ3n) is 4.13. The lowest BCUT2D eigenvalue weighted by atomic mass is 10.1. The van der Waals surface area contributed by atoms with Crippen molar-refractivity contribution in [3.05, 3.63) is 66.7 Å². The van der Waals surface area contributed by atoms with Crippen molar-refractivity contribution in [3.8, 4) is 28.5 Å². The number of hydrogen-bond donors (Lipinski definition) is 0. The number of nitrogens with zero attached hydrogens (tertiary/aromatic N) is 3. The summed E-state index contributed by atoms with van der Waals surface area (Å²) in [6.45, 7) is 0. The van der Waals surface area contributed by atoms with Crippen LogP contribution >= 0.6 is 0 Å². The van der Waals surface area contributed by atoms with Crippen LogP contribution in [0.2, 0.25) is 0 Å². The summed E-state index contributed by atoms with van der Waals surface area (Å²) in [4.78, 5) is 9.53. The van der Waals surface area contributed by atoms with Crippen molar-refractivity contribution in [1.29, 1.82) is 0 Å². The number of para-hydroxylation sites is 2. The lowest BCUT2D eigenvalue weighted by Crippen LogP contribution is -1.96. The highest BCUT2D eigenvalue weighted by atomic mass is 16.5. The molecule has 0 aliphatic carbocycles. The molecule has 0 saturated heterocycles. The molecule has 0 N–H and O–H groups in total. The van der Waals surface area contributed by atoms with E-state index in [4.69, 9.17) is 14.7 Å². The molecule has 2 aromatic carbocycles. The van der Waals surface area contributed by atoms with Crippen LogP contribution in [0.15, 0.2) is 66.7 Å². The van der Waals surface area contributed by atoms with Crippen LogP contribution in [-0.2, 0) is 7.05 Å². The molecule has 4 heteroatoms. The van der Waals surface area contributed by atoms with Crippen LogP contribution < -0.4 is 4.74 Å². The fraction of sp³-hybridized carbons (Fsp3) is 0.100. The molecule has 0 aliphatic rings. The molecule has 0 aliphatic heterocycles. The van der Waals surface area contributed by atoms with Gasteiger partial charge in [0.25, 0.3) is 0 Å². The molecule has 0 spiro atoms. The third-order valence-corrected chi connectivity index (χ3v) is 4.13. The molecule has 0 amide bonds. The summed E-state index contributed by atoms with van der Waals surface area (Å²) < 4.78 is 7.38. The Morgan fingerprint density at radius 3 is 2.46 bits per heavy atom. The number of ether oxygens (including phenoxy) is 1. The molecule has 2 aromatic heterocycles. The maximum Gasteiger partial charge on any atom is 0.159 e. The smallest absolute Gasteiger partial charge is 0.159 e. The average Bonchev–Trinajstić information content (AvgIpc) is 2.99. The fourth-order valence-corrected chi connectivity index (χ4v) is 2.88. The Morgan fingerprint density at radius 1 is 0.833 bits per heavy atom. The number of aromatic nitrogens is 3. The predicted molar refractivity (Wildman–Crippen MR) is 95.9 cm³/mol. The molecule has 4 rings (SSSR count). The molecule has 0 unspecified atom stereocenters. The van der Waals surface area contributed by atoms with Crippen LogP contribution in [-0.4, -0.2) is 21.6 Å². The zero-order chi connectivity index (χ0) is 16.5. The van der Waals surface area contributed by atoms with Crippen LogP contribution in [0.1, 0.15) is 0 Å². The number of imidazole rings is 1. The van der Waals surface area contributed by atoms with Gasteiger partial charge in [-0.15, -0.1) is 0 Å². The van der Waals surface area contributed by atoms with Crippen LogP contribution in [0.25, 0.3) is 33.8 Å². The van der Waals surface area contributed by atoms with Crippen LogP contribution in [0.4, 0.5) is 0 Å². The van der Waals surface area contributed by atoms with E-state index in [-0.39, 0.29) is 0 Å². The topological polar surface area (TPSA) is 39.9 Å². The largest absolute Gasteiger partial charge is 0.497 e. The van der Waals surface area contributed by atoms with E-state index in [0.717, 1.165) is 39.6 Å². The van der Waals surface area contributed by atoms with Crippen molar-refractivity contribution in [2.45, 2.75) is 0 Å². The molecule has 24 heavy (non-hydrogen) atoms. The van der Waals surface area contributed by atoms with Gasteiger partial charge in [-0.25, -0.2) is 9.97 Å². The Kier molecular flexibility index (Phi) is 3.50. The second-order valence-corrected chi connectivity index (χ2v) is 5.62. The van der Waals surface area contributed by atoms with Crippen molar-refractivity contribution < 1.29 is 4.74 Å². The van der Waals surface area contributed by atoms with Gasteiger partial charge in [-0.2, -0.15) is 0 Å². The van der Waals surface area contributed by atoms with E-state index in [1.165, 1.54) is 0 Å². The quantitative estimate of drug-likeness (QED) is 0.565. The minimum Gasteiger partial charge on any atom is -0.497 e. The van der Waals surface area contributed by atoms with E-state index in [1.807, 2.05) is 67.7 Å². The molecular weight excluding hydrogens is 298 g/mol. The molecule has 0 fully saturated rings. The molecule has 4 aromatic rings. The number of hydrogen-bond acceptors (Lipinski definition) is 3. The Morgan fingerprint density at radius 2 is 1.62 bits per heavy atom. The van der Waals surface area contributed by atoms with E-state index >= 15 is 0 Å². The summed E-state index contributed by atoms with van der Waals surface area (Å²) >= 11 is 0. The number of aryl methyl sites for hydroxylation is 1. The van der Waals surface area contributed by atoms with Gasteiger partial charge < -0.3 is 9.30 Å². The summed E-state index contributed by atoms with van der Waals surface area (Å²) in [5, 5.41) is 0. The minimum absolute atomic E-state index is 0.822. The zero-order valence-corrected chi connectivity index (χ0v) is 13.6. The molecule has 2 heterocycles. The van der Waals surface area contributed by atoms with E-state index < -0.39 is 0 Å². The van der Waals surface area contributed by atoms with Gasteiger partial charge in [0.05, 0.1) is 23.8 Å². The van der Waals surface area contributed by atoms with Gasteiger partial charge in [-0.3, -0.25) is 0 Å². The second kappa shape index (κ2) is 5.81. The number of benzene rings is 2. The lowest BCUT2D eigenvalue weighted by molar-refractivity contribution is 0.415. The first-order valence-electron chi connectivity index (χ1n) is 7.79. The molecule has 0 radical (unpaired) electrons. The Hall–Kier alpha value is -3.14. The van der Waals surface area contributed by atoms with Crippen LogP contribution in [0.3, 0.4) is 0 Å². The normalized spacial score (nSPS) is 10.9. The highest BCUT2D eigenvalue weighted by Crippen LogP contribution is 2.26. The molecule has 0 saturated carbocycles. The van der Waals surface area contributed by atoms with Crippen molar-refractivity contribution in [2.75, 3.05) is 7.11 Å². The summed E-state index contributed by atoms with van der Waals surface area (Å²) in [5.41, 5.74) is 4.85. The van der Waals surface area contributed by atoms with E-state index in [1.54, 1.807) is 7.11 Å². The fourth-order valence-electron chi connectivity index (χ4n) is 2.88. The highest BCUT2D eigenvalue weighted by Gasteiger charge is 2.11. The first kappa shape index (κ1) is 14.5. The zero-order valence-electron chi connectivity index (χ0n) is 13.6. The van der Waals surface area contributed by atoms with Crippen molar-refractivity contribution in [3.63, 3.8) is 0 Å². The standard InChI is InChI=1S/C20H17N3O/c1-23-19-12-4-3-9-17(19)22-20(23)18-11-6-10-16(21-18)14-7-5-8-15(13-14)24-2/h3-13H,1-2H3. The van der Waals surface area contributed by atoms with Crippen LogP contribution in [0, 0.1) is 0 Å². The first-order valence-corrected chi connectivity index (χ1v) is 7.79. The minimum atomic E-state index is 0.822. The number of fused-ring (bicyclic) bond motifs is 1. The third kappa shape index (κ3) is 2.42. The maximum absolute atomic E-state index is 5.31. The summed E-state index contributed by atoms with van der Waals surface area (Å²) in [6, 6.07) is 22.0. The van der Waals surface area contributed by atoms with Crippen molar-refractivity contribution >= 4 is 11.0 Å². The Bertz CT molecular complexity index is 1020. The van der Waals surface area contributed by atoms with E-state index in [9.17, 15) is 0 Å². The molecule has 0 atom stereocenters. The summed E-state index contributed by atoms with van der Waals surface area (Å²) in [6.07, 6.45) is 0. The van der Waals surface area contributed by atoms with Crippen molar-refractivity contribution in [2.24, 2.45) is 7.05 Å². The molecule has 4 nitrogen and oxygen atoms in total. The van der Waals surface area contributed by atoms with Gasteiger partial charge in [-0.1, -0.05) is 30.3 Å².